The van der Waals surface area contributed by atoms with E-state index in [1.807, 2.05) is 45.0 Å². The zero-order chi connectivity index (χ0) is 18.7. The van der Waals surface area contributed by atoms with Crippen LogP contribution in [0.2, 0.25) is 0 Å². The van der Waals surface area contributed by atoms with Gasteiger partial charge in [0.2, 0.25) is 0 Å². The third-order valence-corrected chi connectivity index (χ3v) is 4.26. The topological polar surface area (TPSA) is 71.5 Å². The summed E-state index contributed by atoms with van der Waals surface area (Å²) in [7, 11) is 0. The minimum atomic E-state index is -0.783. The number of rotatable bonds is 5. The summed E-state index contributed by atoms with van der Waals surface area (Å²) in [6, 6.07) is 7.94. The minimum Gasteiger partial charge on any atom is -0.444 e. The van der Waals surface area contributed by atoms with E-state index in [9.17, 15) is 9.90 Å². The molecule has 1 aromatic heterocycles. The molecule has 0 fully saturated rings. The maximum Gasteiger partial charge on any atom is 0.407 e. The lowest BCUT2D eigenvalue weighted by Gasteiger charge is -2.19. The Hall–Kier alpha value is -1.92. The van der Waals surface area contributed by atoms with Gasteiger partial charge in [-0.25, -0.2) is 9.78 Å². The van der Waals surface area contributed by atoms with Crippen molar-refractivity contribution in [2.45, 2.75) is 58.8 Å². The summed E-state index contributed by atoms with van der Waals surface area (Å²) in [5.74, 6) is 0. The van der Waals surface area contributed by atoms with E-state index in [-0.39, 0.29) is 0 Å². The second kappa shape index (κ2) is 7.54. The number of alkyl carbamates (subject to hydrolysis) is 1. The quantitative estimate of drug-likeness (QED) is 0.838. The number of hydrogen-bond donors (Lipinski definition) is 2. The van der Waals surface area contributed by atoms with Crippen LogP contribution >= 0.6 is 11.3 Å². The predicted octanol–water partition coefficient (Wildman–Crippen LogP) is 4.15. The molecule has 0 aliphatic rings. The number of nitrogens with one attached hydrogen (secondary N) is 1. The second-order valence-corrected chi connectivity index (χ2v) is 8.75. The van der Waals surface area contributed by atoms with Crippen molar-refractivity contribution >= 4 is 17.4 Å². The Kier molecular flexibility index (Phi) is 5.85. The molecular weight excluding hydrogens is 336 g/mol. The number of thiazole rings is 1. The van der Waals surface area contributed by atoms with Crippen LogP contribution in [0.1, 0.15) is 45.1 Å². The van der Waals surface area contributed by atoms with Crippen LogP contribution in [0.3, 0.4) is 0 Å². The van der Waals surface area contributed by atoms with E-state index in [2.05, 4.69) is 10.3 Å². The number of nitrogens with zero attached hydrogens (tertiary/aromatic N) is 1. The molecule has 2 aromatic rings. The SMILES string of the molecule is CC(C)(O)Cc1ccccc1-c1ncc(CNC(=O)OC(C)(C)C)s1. The van der Waals surface area contributed by atoms with Crippen molar-refractivity contribution in [3.63, 3.8) is 0 Å². The Morgan fingerprint density at radius 1 is 1.24 bits per heavy atom. The van der Waals surface area contributed by atoms with Crippen LogP contribution in [-0.4, -0.2) is 27.4 Å². The first kappa shape index (κ1) is 19.4. The van der Waals surface area contributed by atoms with Crippen LogP contribution in [-0.2, 0) is 17.7 Å². The number of ether oxygens (including phenoxy) is 1. The van der Waals surface area contributed by atoms with Crippen molar-refractivity contribution < 1.29 is 14.6 Å². The molecule has 1 heterocycles. The molecule has 0 radical (unpaired) electrons. The van der Waals surface area contributed by atoms with Gasteiger partial charge in [0, 0.05) is 23.1 Å². The summed E-state index contributed by atoms with van der Waals surface area (Å²) in [6.07, 6.45) is 1.87. The highest BCUT2D eigenvalue weighted by Crippen LogP contribution is 2.30. The predicted molar refractivity (Wildman–Crippen MR) is 101 cm³/mol. The summed E-state index contributed by atoms with van der Waals surface area (Å²) < 4.78 is 5.23. The lowest BCUT2D eigenvalue weighted by atomic mass is 9.95. The van der Waals surface area contributed by atoms with Gasteiger partial charge in [0.05, 0.1) is 12.1 Å². The molecule has 1 amide bonds. The third kappa shape index (κ3) is 6.48. The van der Waals surface area contributed by atoms with Gasteiger partial charge in [0.1, 0.15) is 10.6 Å². The Morgan fingerprint density at radius 3 is 2.56 bits per heavy atom. The Labute approximate surface area is 153 Å². The Balaban J connectivity index is 2.08. The number of benzene rings is 1. The summed E-state index contributed by atoms with van der Waals surface area (Å²) in [6.45, 7) is 9.45. The molecule has 0 unspecified atom stereocenters. The fourth-order valence-electron chi connectivity index (χ4n) is 2.34. The van der Waals surface area contributed by atoms with Crippen LogP contribution in [0.5, 0.6) is 0 Å². The van der Waals surface area contributed by atoms with Crippen molar-refractivity contribution in [1.29, 1.82) is 0 Å². The van der Waals surface area contributed by atoms with E-state index in [4.69, 9.17) is 4.74 Å². The van der Waals surface area contributed by atoms with Crippen molar-refractivity contribution in [3.05, 3.63) is 40.9 Å². The maximum absolute atomic E-state index is 11.7. The summed E-state index contributed by atoms with van der Waals surface area (Å²) in [5.41, 5.74) is 0.766. The Morgan fingerprint density at radius 2 is 1.92 bits per heavy atom. The van der Waals surface area contributed by atoms with Crippen LogP contribution < -0.4 is 5.32 Å². The summed E-state index contributed by atoms with van der Waals surface area (Å²) in [5, 5.41) is 13.7. The number of amides is 1. The average Bonchev–Trinajstić information content (AvgIpc) is 2.91. The zero-order valence-electron chi connectivity index (χ0n) is 15.4. The van der Waals surface area contributed by atoms with Gasteiger partial charge < -0.3 is 15.2 Å². The van der Waals surface area contributed by atoms with Crippen molar-refractivity contribution in [1.82, 2.24) is 10.3 Å². The molecule has 2 N–H and O–H groups in total. The van der Waals surface area contributed by atoms with Crippen LogP contribution in [0, 0.1) is 0 Å². The molecule has 0 spiro atoms. The van der Waals surface area contributed by atoms with E-state index in [1.54, 1.807) is 20.0 Å². The van der Waals surface area contributed by atoms with Crippen molar-refractivity contribution in [2.75, 3.05) is 0 Å². The monoisotopic (exact) mass is 362 g/mol. The zero-order valence-corrected chi connectivity index (χ0v) is 16.2. The summed E-state index contributed by atoms with van der Waals surface area (Å²) in [4.78, 5) is 17.2. The Bertz CT molecular complexity index is 727. The highest BCUT2D eigenvalue weighted by Gasteiger charge is 2.18. The van der Waals surface area contributed by atoms with Crippen LogP contribution in [0.4, 0.5) is 4.79 Å². The molecule has 0 atom stereocenters. The van der Waals surface area contributed by atoms with Gasteiger partial charge in [-0.05, 0) is 40.2 Å². The van der Waals surface area contributed by atoms with E-state index in [0.29, 0.717) is 13.0 Å². The molecule has 1 aromatic carbocycles. The molecule has 0 aliphatic carbocycles. The molecule has 0 bridgehead atoms. The molecular formula is C19H26N2O3S. The average molecular weight is 362 g/mol. The van der Waals surface area contributed by atoms with Gasteiger partial charge in [-0.1, -0.05) is 24.3 Å². The highest BCUT2D eigenvalue weighted by atomic mass is 32.1. The lowest BCUT2D eigenvalue weighted by Crippen LogP contribution is -2.31. The number of aliphatic hydroxyl groups is 1. The maximum atomic E-state index is 11.7. The first-order valence-corrected chi connectivity index (χ1v) is 9.07. The standard InChI is InChI=1S/C19H26N2O3S/c1-18(2,3)24-17(22)21-12-14-11-20-16(25-14)15-9-7-6-8-13(15)10-19(4,5)23/h6-9,11,23H,10,12H2,1-5H3,(H,21,22). The van der Waals surface area contributed by atoms with Gasteiger partial charge >= 0.3 is 6.09 Å². The van der Waals surface area contributed by atoms with Crippen LogP contribution in [0.25, 0.3) is 10.6 Å². The van der Waals surface area contributed by atoms with E-state index >= 15 is 0 Å². The fourth-order valence-corrected chi connectivity index (χ4v) is 3.25. The normalized spacial score (nSPS) is 12.1. The molecule has 0 saturated heterocycles. The first-order chi connectivity index (χ1) is 11.5. The molecule has 25 heavy (non-hydrogen) atoms. The molecule has 6 heteroatoms. The van der Waals surface area contributed by atoms with E-state index < -0.39 is 17.3 Å². The van der Waals surface area contributed by atoms with Gasteiger partial charge in [0.25, 0.3) is 0 Å². The number of aromatic nitrogens is 1. The summed E-state index contributed by atoms with van der Waals surface area (Å²) >= 11 is 1.52. The van der Waals surface area contributed by atoms with E-state index in [1.165, 1.54) is 11.3 Å². The number of hydrogen-bond acceptors (Lipinski definition) is 5. The van der Waals surface area contributed by atoms with Gasteiger partial charge in [-0.15, -0.1) is 11.3 Å². The first-order valence-electron chi connectivity index (χ1n) is 8.26. The van der Waals surface area contributed by atoms with Crippen LogP contribution in [0.15, 0.2) is 30.5 Å². The second-order valence-electron chi connectivity index (χ2n) is 7.63. The molecule has 0 saturated carbocycles. The minimum absolute atomic E-state index is 0.375. The smallest absolute Gasteiger partial charge is 0.407 e. The fraction of sp³-hybridized carbons (Fsp3) is 0.474. The lowest BCUT2D eigenvalue weighted by molar-refractivity contribution is 0.0524. The largest absolute Gasteiger partial charge is 0.444 e. The van der Waals surface area contributed by atoms with Crippen molar-refractivity contribution in [3.8, 4) is 10.6 Å². The number of carbonyl (C=O) groups is 1. The molecule has 5 nitrogen and oxygen atoms in total. The van der Waals surface area contributed by atoms with Gasteiger partial charge in [0.15, 0.2) is 0 Å². The van der Waals surface area contributed by atoms with Gasteiger partial charge in [-0.2, -0.15) is 0 Å². The number of carbonyl (C=O) groups excluding carboxylic acids is 1. The highest BCUT2D eigenvalue weighted by molar-refractivity contribution is 7.15. The third-order valence-electron chi connectivity index (χ3n) is 3.23. The molecule has 2 rings (SSSR count). The molecule has 136 valence electrons. The van der Waals surface area contributed by atoms with Crippen molar-refractivity contribution in [2.24, 2.45) is 0 Å². The van der Waals surface area contributed by atoms with Gasteiger partial charge in [-0.3, -0.25) is 0 Å². The van der Waals surface area contributed by atoms with E-state index in [0.717, 1.165) is 21.0 Å². The molecule has 0 aliphatic heterocycles.